The molecule has 2 N–H and O–H groups in total. The number of fused-ring (bicyclic) bond motifs is 1. The number of aryl methyl sites for hydroxylation is 1. The predicted molar refractivity (Wildman–Crippen MR) is 93.3 cm³/mol. The summed E-state index contributed by atoms with van der Waals surface area (Å²) in [6.45, 7) is 3.32. The molecule has 3 aromatic rings. The maximum absolute atomic E-state index is 12.8. The van der Waals surface area contributed by atoms with E-state index in [9.17, 15) is 27.9 Å². The van der Waals surface area contributed by atoms with Gasteiger partial charge in [-0.25, -0.2) is 4.79 Å². The minimum atomic E-state index is -4.48. The molecule has 1 aromatic carbocycles. The average Bonchev–Trinajstić information content (AvgIpc) is 3.00. The number of hydrogen-bond acceptors (Lipinski definition) is 5. The van der Waals surface area contributed by atoms with Crippen molar-refractivity contribution in [1.82, 2.24) is 14.6 Å². The van der Waals surface area contributed by atoms with E-state index in [1.54, 1.807) is 13.8 Å². The fraction of sp³-hybridized carbons (Fsp3) is 0.278. The number of carbonyl (C=O) groups is 1. The van der Waals surface area contributed by atoms with E-state index in [1.165, 1.54) is 12.1 Å². The van der Waals surface area contributed by atoms with Crippen LogP contribution < -0.4 is 5.56 Å². The predicted octanol–water partition coefficient (Wildman–Crippen LogP) is 3.15. The van der Waals surface area contributed by atoms with E-state index in [0.717, 1.165) is 16.6 Å². The number of hydrogen-bond donors (Lipinski definition) is 2. The number of H-pyrrole nitrogens is 1. The number of aromatic nitrogens is 3. The van der Waals surface area contributed by atoms with Crippen molar-refractivity contribution in [2.45, 2.75) is 26.4 Å². The van der Waals surface area contributed by atoms with Gasteiger partial charge in [0.15, 0.2) is 5.56 Å². The number of aromatic hydroxyl groups is 1. The molecule has 0 aliphatic rings. The number of carbonyl (C=O) groups excluding carboxylic acids is 1. The van der Waals surface area contributed by atoms with Crippen molar-refractivity contribution >= 4 is 11.6 Å². The van der Waals surface area contributed by atoms with Crippen LogP contribution in [0.5, 0.6) is 5.88 Å². The Morgan fingerprint density at radius 3 is 2.43 bits per heavy atom. The first-order valence-electron chi connectivity index (χ1n) is 8.40. The van der Waals surface area contributed by atoms with Crippen LogP contribution in [0.25, 0.3) is 16.8 Å². The minimum absolute atomic E-state index is 0.00583. The Labute approximate surface area is 156 Å². The lowest BCUT2D eigenvalue weighted by atomic mass is 10.0. The van der Waals surface area contributed by atoms with Gasteiger partial charge in [-0.05, 0) is 31.0 Å². The Hall–Kier alpha value is -3.30. The molecule has 0 amide bonds. The van der Waals surface area contributed by atoms with Crippen LogP contribution in [-0.2, 0) is 17.3 Å². The molecule has 0 radical (unpaired) electrons. The van der Waals surface area contributed by atoms with Crippen molar-refractivity contribution < 1.29 is 27.8 Å². The number of esters is 1. The molecule has 28 heavy (non-hydrogen) atoms. The lowest BCUT2D eigenvalue weighted by molar-refractivity contribution is -0.137. The minimum Gasteiger partial charge on any atom is -0.492 e. The summed E-state index contributed by atoms with van der Waals surface area (Å²) in [6.07, 6.45) is -4.11. The van der Waals surface area contributed by atoms with Gasteiger partial charge >= 0.3 is 12.1 Å². The number of aromatic amines is 1. The molecule has 0 aliphatic heterocycles. The molecule has 0 spiro atoms. The van der Waals surface area contributed by atoms with Gasteiger partial charge in [0.05, 0.1) is 17.9 Å². The number of alkyl halides is 3. The summed E-state index contributed by atoms with van der Waals surface area (Å²) in [5, 5.41) is 14.6. The van der Waals surface area contributed by atoms with E-state index >= 15 is 0 Å². The average molecular weight is 395 g/mol. The van der Waals surface area contributed by atoms with Gasteiger partial charge in [-0.2, -0.15) is 22.8 Å². The Bertz CT molecular complexity index is 1100. The molecule has 0 atom stereocenters. The van der Waals surface area contributed by atoms with Gasteiger partial charge < -0.3 is 14.8 Å². The van der Waals surface area contributed by atoms with Gasteiger partial charge in [-0.3, -0.25) is 4.79 Å². The van der Waals surface area contributed by atoms with Crippen molar-refractivity contribution in [2.75, 3.05) is 6.61 Å². The van der Waals surface area contributed by atoms with E-state index in [-0.39, 0.29) is 12.3 Å². The van der Waals surface area contributed by atoms with Crippen LogP contribution in [0.3, 0.4) is 0 Å². The molecular weight excluding hydrogens is 379 g/mol. The smallest absolute Gasteiger partial charge is 0.416 e. The van der Waals surface area contributed by atoms with Gasteiger partial charge in [0.25, 0.3) is 5.56 Å². The number of rotatable bonds is 4. The van der Waals surface area contributed by atoms with Crippen LogP contribution in [0.2, 0.25) is 0 Å². The highest BCUT2D eigenvalue weighted by atomic mass is 19.4. The maximum atomic E-state index is 12.8. The summed E-state index contributed by atoms with van der Waals surface area (Å²) in [6, 6.07) is 4.35. The van der Waals surface area contributed by atoms with Crippen LogP contribution in [0.4, 0.5) is 13.2 Å². The first-order valence-corrected chi connectivity index (χ1v) is 8.40. The molecular formula is C18H16F3N3O4. The molecule has 0 fully saturated rings. The summed E-state index contributed by atoms with van der Waals surface area (Å²) in [5.74, 6) is -1.71. The van der Waals surface area contributed by atoms with Crippen LogP contribution in [0.1, 0.15) is 35.5 Å². The number of halogens is 3. The molecule has 7 nitrogen and oxygen atoms in total. The number of nitrogens with one attached hydrogen (secondary N) is 1. The Morgan fingerprint density at radius 1 is 1.25 bits per heavy atom. The SMILES string of the molecule is CCOC(=O)c1c(O)n2nc(CC)c(-c3ccc(C(F)(F)F)cc3)c2[nH]c1=O. The van der Waals surface area contributed by atoms with Crippen molar-refractivity contribution in [2.24, 2.45) is 0 Å². The molecule has 0 saturated heterocycles. The van der Waals surface area contributed by atoms with Gasteiger partial charge in [-0.1, -0.05) is 19.1 Å². The summed E-state index contributed by atoms with van der Waals surface area (Å²) < 4.78 is 44.2. The Balaban J connectivity index is 2.24. The topological polar surface area (TPSA) is 96.7 Å². The van der Waals surface area contributed by atoms with Gasteiger partial charge in [0, 0.05) is 5.56 Å². The third-order valence-corrected chi connectivity index (χ3v) is 4.16. The largest absolute Gasteiger partial charge is 0.492 e. The first-order chi connectivity index (χ1) is 13.2. The number of benzene rings is 1. The summed E-state index contributed by atoms with van der Waals surface area (Å²) in [4.78, 5) is 26.7. The molecule has 2 heterocycles. The highest BCUT2D eigenvalue weighted by Gasteiger charge is 2.30. The van der Waals surface area contributed by atoms with Crippen molar-refractivity contribution in [1.29, 1.82) is 0 Å². The van der Waals surface area contributed by atoms with Crippen molar-refractivity contribution in [3.05, 3.63) is 51.4 Å². The van der Waals surface area contributed by atoms with Crippen LogP contribution in [-0.4, -0.2) is 32.3 Å². The van der Waals surface area contributed by atoms with Gasteiger partial charge in [0.2, 0.25) is 5.88 Å². The summed E-state index contributed by atoms with van der Waals surface area (Å²) in [7, 11) is 0. The Morgan fingerprint density at radius 2 is 1.89 bits per heavy atom. The van der Waals surface area contributed by atoms with E-state index in [1.807, 2.05) is 0 Å². The molecule has 148 valence electrons. The highest BCUT2D eigenvalue weighted by Crippen LogP contribution is 2.34. The normalized spacial score (nSPS) is 11.8. The van der Waals surface area contributed by atoms with Gasteiger partial charge in [0.1, 0.15) is 5.65 Å². The molecule has 0 saturated carbocycles. The fourth-order valence-electron chi connectivity index (χ4n) is 2.87. The zero-order chi connectivity index (χ0) is 20.6. The molecule has 10 heteroatoms. The van der Waals surface area contributed by atoms with Crippen molar-refractivity contribution in [3.63, 3.8) is 0 Å². The van der Waals surface area contributed by atoms with Crippen LogP contribution >= 0.6 is 0 Å². The molecule has 0 aliphatic carbocycles. The lowest BCUT2D eigenvalue weighted by Crippen LogP contribution is -2.22. The fourth-order valence-corrected chi connectivity index (χ4v) is 2.87. The summed E-state index contributed by atoms with van der Waals surface area (Å²) in [5.41, 5.74) is -1.08. The monoisotopic (exact) mass is 395 g/mol. The quantitative estimate of drug-likeness (QED) is 0.662. The molecule has 0 bridgehead atoms. The van der Waals surface area contributed by atoms with E-state index in [2.05, 4.69) is 10.1 Å². The zero-order valence-electron chi connectivity index (χ0n) is 14.9. The van der Waals surface area contributed by atoms with Crippen LogP contribution in [0, 0.1) is 0 Å². The number of nitrogens with zero attached hydrogens (tertiary/aromatic N) is 2. The van der Waals surface area contributed by atoms with E-state index < -0.39 is 34.7 Å². The second-order valence-corrected chi connectivity index (χ2v) is 5.88. The second kappa shape index (κ2) is 7.02. The van der Waals surface area contributed by atoms with Crippen molar-refractivity contribution in [3.8, 4) is 17.0 Å². The third kappa shape index (κ3) is 3.21. The van der Waals surface area contributed by atoms with E-state index in [0.29, 0.717) is 23.2 Å². The first kappa shape index (κ1) is 19.5. The Kier molecular flexibility index (Phi) is 4.88. The highest BCUT2D eigenvalue weighted by molar-refractivity contribution is 5.92. The molecule has 2 aromatic heterocycles. The van der Waals surface area contributed by atoms with Crippen LogP contribution in [0.15, 0.2) is 29.1 Å². The third-order valence-electron chi connectivity index (χ3n) is 4.16. The van der Waals surface area contributed by atoms with Gasteiger partial charge in [-0.15, -0.1) is 0 Å². The lowest BCUT2D eigenvalue weighted by Gasteiger charge is -2.08. The maximum Gasteiger partial charge on any atom is 0.416 e. The standard InChI is InChI=1S/C18H16F3N3O4/c1-3-11-12(9-5-7-10(8-6-9)18(19,20)21)14-22-15(25)13(17(27)28-4-2)16(26)24(14)23-11/h5-8,26H,3-4H2,1-2H3,(H,22,25). The molecule has 0 unspecified atom stereocenters. The zero-order valence-corrected chi connectivity index (χ0v) is 14.9. The second-order valence-electron chi connectivity index (χ2n) is 5.88. The summed E-state index contributed by atoms with van der Waals surface area (Å²) >= 11 is 0. The number of ether oxygens (including phenoxy) is 1. The molecule has 3 rings (SSSR count). The van der Waals surface area contributed by atoms with E-state index in [4.69, 9.17) is 4.74 Å².